The molecule has 0 aliphatic heterocycles. The molecule has 0 bridgehead atoms. The third kappa shape index (κ3) is 9.64. The van der Waals surface area contributed by atoms with Crippen LogP contribution in [0, 0.1) is 0 Å². The van der Waals surface area contributed by atoms with Crippen LogP contribution in [0.4, 0.5) is 49.1 Å². The lowest BCUT2D eigenvalue weighted by atomic mass is 10.1. The molecule has 3 aromatic rings. The van der Waals surface area contributed by atoms with E-state index in [0.717, 1.165) is 12.4 Å². The average molecular weight is 685 g/mol. The highest BCUT2D eigenvalue weighted by molar-refractivity contribution is 6.08. The number of hydrogen-bond donors (Lipinski definition) is 4. The van der Waals surface area contributed by atoms with E-state index in [2.05, 4.69) is 20.6 Å². The van der Waals surface area contributed by atoms with Crippen molar-refractivity contribution in [1.29, 1.82) is 0 Å². The molecule has 2 amide bonds. The smallest absolute Gasteiger partial charge is 0.416 e. The minimum absolute atomic E-state index is 0.174. The van der Waals surface area contributed by atoms with Crippen molar-refractivity contribution in [2.75, 3.05) is 22.1 Å². The SMILES string of the molecule is CCC[C@H](CC)Oc1c(N)cc(C(F)(F)F)cc1NC(=O)c1cc(C(=O)Nc2cc(C(F)(F)F)cc(N)c2O[C@@H](CC)CCC)ncn1. The van der Waals surface area contributed by atoms with E-state index in [-0.39, 0.29) is 34.2 Å². The van der Waals surface area contributed by atoms with Crippen molar-refractivity contribution in [2.45, 2.75) is 90.8 Å². The average Bonchev–Trinajstić information content (AvgIpc) is 3.01. The van der Waals surface area contributed by atoms with Gasteiger partial charge in [-0.2, -0.15) is 26.3 Å². The number of hydrogen-bond acceptors (Lipinski definition) is 8. The molecule has 1 aromatic heterocycles. The molecule has 0 saturated heterocycles. The van der Waals surface area contributed by atoms with Gasteiger partial charge in [-0.3, -0.25) is 9.59 Å². The maximum absolute atomic E-state index is 13.6. The monoisotopic (exact) mass is 684 g/mol. The van der Waals surface area contributed by atoms with E-state index in [4.69, 9.17) is 20.9 Å². The molecule has 0 spiro atoms. The molecule has 0 aliphatic rings. The van der Waals surface area contributed by atoms with Gasteiger partial charge in [0, 0.05) is 6.07 Å². The van der Waals surface area contributed by atoms with Crippen LogP contribution < -0.4 is 31.6 Å². The van der Waals surface area contributed by atoms with Crippen LogP contribution in [-0.2, 0) is 12.4 Å². The number of nitrogens with two attached hydrogens (primary N) is 2. The Morgan fingerprint density at radius 2 is 1.06 bits per heavy atom. The number of nitrogen functional groups attached to an aromatic ring is 2. The molecular formula is C32H38F6N6O4. The van der Waals surface area contributed by atoms with Gasteiger partial charge in [-0.25, -0.2) is 9.97 Å². The Kier molecular flexibility index (Phi) is 12.5. The summed E-state index contributed by atoms with van der Waals surface area (Å²) in [6.07, 6.45) is -6.01. The molecule has 0 aliphatic carbocycles. The van der Waals surface area contributed by atoms with Gasteiger partial charge in [0.05, 0.1) is 46.1 Å². The van der Waals surface area contributed by atoms with Gasteiger partial charge >= 0.3 is 12.4 Å². The first-order valence-electron chi connectivity index (χ1n) is 15.3. The summed E-state index contributed by atoms with van der Waals surface area (Å²) in [4.78, 5) is 34.1. The van der Waals surface area contributed by atoms with Crippen LogP contribution in [0.25, 0.3) is 0 Å². The van der Waals surface area contributed by atoms with Gasteiger partial charge in [-0.15, -0.1) is 0 Å². The molecule has 6 N–H and O–H groups in total. The Morgan fingerprint density at radius 1 is 0.688 bits per heavy atom. The van der Waals surface area contributed by atoms with E-state index in [1.807, 2.05) is 27.7 Å². The van der Waals surface area contributed by atoms with E-state index in [1.54, 1.807) is 0 Å². The minimum Gasteiger partial charge on any atom is -0.486 e. The van der Waals surface area contributed by atoms with Crippen LogP contribution in [0.1, 0.15) is 98.3 Å². The highest BCUT2D eigenvalue weighted by atomic mass is 19.4. The minimum atomic E-state index is -4.80. The number of anilines is 4. The van der Waals surface area contributed by atoms with Crippen molar-refractivity contribution in [2.24, 2.45) is 0 Å². The largest absolute Gasteiger partial charge is 0.486 e. The van der Waals surface area contributed by atoms with Gasteiger partial charge in [-0.05, 0) is 49.9 Å². The lowest BCUT2D eigenvalue weighted by molar-refractivity contribution is -0.138. The lowest BCUT2D eigenvalue weighted by Crippen LogP contribution is -2.22. The highest BCUT2D eigenvalue weighted by Crippen LogP contribution is 2.42. The van der Waals surface area contributed by atoms with Crippen molar-refractivity contribution in [3.63, 3.8) is 0 Å². The highest BCUT2D eigenvalue weighted by Gasteiger charge is 2.34. The number of nitrogens with zero attached hydrogens (tertiary/aromatic N) is 2. The van der Waals surface area contributed by atoms with Gasteiger partial charge < -0.3 is 31.6 Å². The summed E-state index contributed by atoms with van der Waals surface area (Å²) < 4.78 is 93.6. The molecular weight excluding hydrogens is 646 g/mol. The first-order chi connectivity index (χ1) is 22.5. The first kappa shape index (κ1) is 37.7. The summed E-state index contributed by atoms with van der Waals surface area (Å²) >= 11 is 0. The number of rotatable bonds is 14. The van der Waals surface area contributed by atoms with Crippen LogP contribution in [-0.4, -0.2) is 34.0 Å². The van der Waals surface area contributed by atoms with E-state index in [9.17, 15) is 35.9 Å². The Balaban J connectivity index is 1.97. The van der Waals surface area contributed by atoms with Crippen LogP contribution in [0.5, 0.6) is 11.5 Å². The number of ether oxygens (including phenoxy) is 2. The van der Waals surface area contributed by atoms with Crippen LogP contribution in [0.15, 0.2) is 36.7 Å². The molecule has 3 rings (SSSR count). The molecule has 2 aromatic carbocycles. The molecule has 262 valence electrons. The standard InChI is InChI=1S/C32H38F6N6O4/c1-5-9-19(7-3)47-27-21(39)11-17(31(33,34)35)13-23(27)43-29(45)25-15-26(42-16-41-25)30(46)44-24-14-18(32(36,37)38)12-22(40)28(24)48-20(8-4)10-6-2/h11-16,19-20H,5-10,39-40H2,1-4H3,(H,43,45)(H,44,46)/t19-,20-/m0/s1. The summed E-state index contributed by atoms with van der Waals surface area (Å²) in [5, 5.41) is 4.64. The van der Waals surface area contributed by atoms with Crippen molar-refractivity contribution in [3.05, 3.63) is 59.2 Å². The molecule has 0 fully saturated rings. The van der Waals surface area contributed by atoms with Crippen LogP contribution >= 0.6 is 0 Å². The van der Waals surface area contributed by atoms with Gasteiger partial charge in [0.1, 0.15) is 17.7 Å². The Bertz CT molecular complexity index is 1490. The second-order valence-corrected chi connectivity index (χ2v) is 11.0. The van der Waals surface area contributed by atoms with Crippen LogP contribution in [0.2, 0.25) is 0 Å². The van der Waals surface area contributed by atoms with Gasteiger partial charge in [-0.1, -0.05) is 40.5 Å². The van der Waals surface area contributed by atoms with Crippen molar-refractivity contribution >= 4 is 34.6 Å². The van der Waals surface area contributed by atoms with Crippen molar-refractivity contribution in [1.82, 2.24) is 9.97 Å². The summed E-state index contributed by atoms with van der Waals surface area (Å²) in [7, 11) is 0. The summed E-state index contributed by atoms with van der Waals surface area (Å²) in [5.74, 6) is -2.44. The van der Waals surface area contributed by atoms with E-state index in [0.29, 0.717) is 62.8 Å². The fourth-order valence-electron chi connectivity index (χ4n) is 4.73. The Hall–Kier alpha value is -4.76. The second-order valence-electron chi connectivity index (χ2n) is 11.0. The quantitative estimate of drug-likeness (QED) is 0.0981. The van der Waals surface area contributed by atoms with E-state index in [1.165, 1.54) is 0 Å². The number of carbonyl (C=O) groups excluding carboxylic acids is 2. The number of halogens is 6. The predicted molar refractivity (Wildman–Crippen MR) is 169 cm³/mol. The van der Waals surface area contributed by atoms with Gasteiger partial charge in [0.25, 0.3) is 11.8 Å². The maximum atomic E-state index is 13.6. The van der Waals surface area contributed by atoms with Gasteiger partial charge in [0.15, 0.2) is 11.5 Å². The molecule has 0 unspecified atom stereocenters. The topological polar surface area (TPSA) is 154 Å². The van der Waals surface area contributed by atoms with Crippen LogP contribution in [0.3, 0.4) is 0 Å². The van der Waals surface area contributed by atoms with E-state index >= 15 is 0 Å². The molecule has 0 radical (unpaired) electrons. The van der Waals surface area contributed by atoms with Gasteiger partial charge in [0.2, 0.25) is 0 Å². The predicted octanol–water partition coefficient (Wildman–Crippen LogP) is 8.10. The number of carbonyl (C=O) groups is 2. The molecule has 2 atom stereocenters. The zero-order valence-electron chi connectivity index (χ0n) is 26.8. The third-order valence-electron chi connectivity index (χ3n) is 7.22. The molecule has 48 heavy (non-hydrogen) atoms. The Labute approximate surface area is 273 Å². The number of alkyl halides is 6. The van der Waals surface area contributed by atoms with Crippen molar-refractivity contribution < 1.29 is 45.4 Å². The van der Waals surface area contributed by atoms with E-state index < -0.39 is 58.9 Å². The zero-order chi connectivity index (χ0) is 35.8. The second kappa shape index (κ2) is 15.9. The lowest BCUT2D eigenvalue weighted by Gasteiger charge is -2.22. The summed E-state index contributed by atoms with van der Waals surface area (Å²) in [5.41, 5.74) is 7.20. The first-order valence-corrected chi connectivity index (χ1v) is 15.3. The number of nitrogens with one attached hydrogen (secondary N) is 2. The molecule has 10 nitrogen and oxygen atoms in total. The molecule has 0 saturated carbocycles. The normalized spacial score (nSPS) is 13.0. The Morgan fingerprint density at radius 3 is 1.38 bits per heavy atom. The van der Waals surface area contributed by atoms with Crippen molar-refractivity contribution in [3.8, 4) is 11.5 Å². The molecule has 16 heteroatoms. The number of amides is 2. The fraction of sp³-hybridized carbons (Fsp3) is 0.438. The summed E-state index contributed by atoms with van der Waals surface area (Å²) in [6, 6.07) is 3.63. The third-order valence-corrected chi connectivity index (χ3v) is 7.22. The zero-order valence-corrected chi connectivity index (χ0v) is 26.8. The summed E-state index contributed by atoms with van der Waals surface area (Å²) in [6.45, 7) is 7.45. The number of aromatic nitrogens is 2. The fourth-order valence-corrected chi connectivity index (χ4v) is 4.73. The number of benzene rings is 2. The molecule has 1 heterocycles. The maximum Gasteiger partial charge on any atom is 0.416 e.